The molecule has 30 heavy (non-hydrogen) atoms. The van der Waals surface area contributed by atoms with E-state index in [0.717, 1.165) is 42.1 Å². The van der Waals surface area contributed by atoms with Gasteiger partial charge in [0.25, 0.3) is 5.91 Å². The largest absolute Gasteiger partial charge is 0.372 e. The van der Waals surface area contributed by atoms with Crippen LogP contribution in [-0.4, -0.2) is 33.6 Å². The van der Waals surface area contributed by atoms with E-state index in [4.69, 9.17) is 4.52 Å². The summed E-state index contributed by atoms with van der Waals surface area (Å²) in [5.41, 5.74) is 2.92. The van der Waals surface area contributed by atoms with Crippen LogP contribution in [-0.2, 0) is 12.0 Å². The highest BCUT2D eigenvalue weighted by Gasteiger charge is 2.42. The van der Waals surface area contributed by atoms with Crippen molar-refractivity contribution in [2.45, 2.75) is 38.6 Å². The van der Waals surface area contributed by atoms with Gasteiger partial charge in [-0.3, -0.25) is 4.79 Å². The van der Waals surface area contributed by atoms with Crippen molar-refractivity contribution in [3.05, 3.63) is 65.6 Å². The molecule has 3 aromatic rings. The minimum Gasteiger partial charge on any atom is -0.372 e. The standard InChI is InChI=1S/C23H25FN4O2/c1-15(2)12-17-14-19(26-30-17)22(29)27-10-7-23(8-11-27)21-4-3-9-28(21)20-6-5-16(24)13-18(20)25-23/h3-6,9,13-15,25H,7-8,10-12H2,1-2H3. The zero-order valence-electron chi connectivity index (χ0n) is 17.2. The minimum absolute atomic E-state index is 0.0961. The fraction of sp³-hybridized carbons (Fsp3) is 0.391. The van der Waals surface area contributed by atoms with E-state index < -0.39 is 0 Å². The Balaban J connectivity index is 1.35. The molecule has 1 saturated heterocycles. The molecule has 0 radical (unpaired) electrons. The fourth-order valence-electron chi connectivity index (χ4n) is 4.67. The fourth-order valence-corrected chi connectivity index (χ4v) is 4.67. The van der Waals surface area contributed by atoms with E-state index >= 15 is 0 Å². The normalized spacial score (nSPS) is 17.0. The average Bonchev–Trinajstić information content (AvgIpc) is 3.38. The number of hydrogen-bond donors (Lipinski definition) is 1. The lowest BCUT2D eigenvalue weighted by molar-refractivity contribution is 0.0666. The van der Waals surface area contributed by atoms with Crippen molar-refractivity contribution in [3.8, 4) is 5.69 Å². The molecule has 156 valence electrons. The first-order valence-corrected chi connectivity index (χ1v) is 10.5. The van der Waals surface area contributed by atoms with Crippen LogP contribution in [0.2, 0.25) is 0 Å². The second-order valence-electron chi connectivity index (χ2n) is 8.70. The summed E-state index contributed by atoms with van der Waals surface area (Å²) in [6.45, 7) is 5.39. The summed E-state index contributed by atoms with van der Waals surface area (Å²) < 4.78 is 21.3. The molecule has 6 nitrogen and oxygen atoms in total. The number of likely N-dealkylation sites (tertiary alicyclic amines) is 1. The average molecular weight is 408 g/mol. The van der Waals surface area contributed by atoms with Crippen molar-refractivity contribution in [2.24, 2.45) is 5.92 Å². The van der Waals surface area contributed by atoms with Gasteiger partial charge in [-0.1, -0.05) is 19.0 Å². The Hall–Kier alpha value is -3.09. The first-order valence-electron chi connectivity index (χ1n) is 10.5. The molecule has 2 aliphatic heterocycles. The lowest BCUT2D eigenvalue weighted by atomic mass is 9.82. The third kappa shape index (κ3) is 3.09. The Kier molecular flexibility index (Phi) is 4.41. The maximum Gasteiger partial charge on any atom is 0.276 e. The Morgan fingerprint density at radius 1 is 1.27 bits per heavy atom. The number of aromatic nitrogens is 2. The van der Waals surface area contributed by atoms with Gasteiger partial charge in [0.15, 0.2) is 5.69 Å². The van der Waals surface area contributed by atoms with E-state index in [-0.39, 0.29) is 17.3 Å². The predicted molar refractivity (Wildman–Crippen MR) is 111 cm³/mol. The molecule has 0 bridgehead atoms. The maximum atomic E-state index is 13.9. The highest BCUT2D eigenvalue weighted by molar-refractivity contribution is 5.92. The molecule has 0 atom stereocenters. The van der Waals surface area contributed by atoms with Crippen molar-refractivity contribution in [3.63, 3.8) is 0 Å². The van der Waals surface area contributed by atoms with E-state index in [2.05, 4.69) is 35.0 Å². The number of halogens is 1. The van der Waals surface area contributed by atoms with E-state index in [1.807, 2.05) is 17.2 Å². The van der Waals surface area contributed by atoms with Gasteiger partial charge in [-0.15, -0.1) is 0 Å². The Bertz CT molecular complexity index is 1090. The molecule has 2 aliphatic rings. The molecular formula is C23H25FN4O2. The highest BCUT2D eigenvalue weighted by Crippen LogP contribution is 2.43. The maximum absolute atomic E-state index is 13.9. The zero-order chi connectivity index (χ0) is 20.9. The van der Waals surface area contributed by atoms with Crippen LogP contribution < -0.4 is 5.32 Å². The van der Waals surface area contributed by atoms with E-state index in [9.17, 15) is 9.18 Å². The number of nitrogens with one attached hydrogen (secondary N) is 1. The molecule has 1 spiro atoms. The van der Waals surface area contributed by atoms with Gasteiger partial charge in [0.05, 0.1) is 16.9 Å². The van der Waals surface area contributed by atoms with Crippen molar-refractivity contribution < 1.29 is 13.7 Å². The zero-order valence-corrected chi connectivity index (χ0v) is 17.2. The van der Waals surface area contributed by atoms with Crippen LogP contribution in [0.5, 0.6) is 0 Å². The first-order chi connectivity index (χ1) is 14.4. The molecule has 0 aliphatic carbocycles. The monoisotopic (exact) mass is 408 g/mol. The van der Waals surface area contributed by atoms with E-state index in [1.165, 1.54) is 6.07 Å². The molecule has 1 amide bonds. The number of hydrogen-bond acceptors (Lipinski definition) is 4. The smallest absolute Gasteiger partial charge is 0.276 e. The third-order valence-electron chi connectivity index (χ3n) is 6.12. The molecular weight excluding hydrogens is 383 g/mol. The lowest BCUT2D eigenvalue weighted by Gasteiger charge is -2.46. The second-order valence-corrected chi connectivity index (χ2v) is 8.70. The number of carbonyl (C=O) groups is 1. The Labute approximate surface area is 174 Å². The number of amides is 1. The molecule has 1 N–H and O–H groups in total. The number of benzene rings is 1. The number of fused-ring (bicyclic) bond motifs is 4. The number of carbonyl (C=O) groups excluding carboxylic acids is 1. The number of nitrogens with zero attached hydrogens (tertiary/aromatic N) is 3. The minimum atomic E-state index is -0.326. The van der Waals surface area contributed by atoms with Gasteiger partial charge in [0, 0.05) is 37.5 Å². The van der Waals surface area contributed by atoms with E-state index in [0.29, 0.717) is 24.7 Å². The number of anilines is 1. The van der Waals surface area contributed by atoms with Crippen LogP contribution in [0.4, 0.5) is 10.1 Å². The molecule has 2 aromatic heterocycles. The van der Waals surface area contributed by atoms with Crippen molar-refractivity contribution in [1.29, 1.82) is 0 Å². The topological polar surface area (TPSA) is 63.3 Å². The molecule has 1 aromatic carbocycles. The molecule has 0 saturated carbocycles. The van der Waals surface area contributed by atoms with Crippen LogP contribution in [0.25, 0.3) is 5.69 Å². The van der Waals surface area contributed by atoms with E-state index in [1.54, 1.807) is 18.2 Å². The van der Waals surface area contributed by atoms with Gasteiger partial charge in [-0.05, 0) is 49.1 Å². The molecule has 7 heteroatoms. The van der Waals surface area contributed by atoms with Crippen molar-refractivity contribution in [1.82, 2.24) is 14.6 Å². The number of rotatable bonds is 3. The summed E-state index contributed by atoms with van der Waals surface area (Å²) >= 11 is 0. The third-order valence-corrected chi connectivity index (χ3v) is 6.12. The predicted octanol–water partition coefficient (Wildman–Crippen LogP) is 4.36. The quantitative estimate of drug-likeness (QED) is 0.699. The summed E-state index contributed by atoms with van der Waals surface area (Å²) in [6, 6.07) is 10.7. The van der Waals surface area contributed by atoms with Crippen LogP contribution in [0.15, 0.2) is 47.1 Å². The molecule has 5 rings (SSSR count). The summed E-state index contributed by atoms with van der Waals surface area (Å²) in [5, 5.41) is 7.58. The molecule has 0 unspecified atom stereocenters. The summed E-state index contributed by atoms with van der Waals surface area (Å²) in [6.07, 6.45) is 4.24. The second kappa shape index (κ2) is 7.00. The first kappa shape index (κ1) is 18.9. The van der Waals surface area contributed by atoms with Crippen LogP contribution in [0, 0.1) is 11.7 Å². The Morgan fingerprint density at radius 3 is 2.83 bits per heavy atom. The molecule has 1 fully saturated rings. The van der Waals surface area contributed by atoms with Gasteiger partial charge in [0.2, 0.25) is 0 Å². The lowest BCUT2D eigenvalue weighted by Crippen LogP contribution is -2.51. The summed E-state index contributed by atoms with van der Waals surface area (Å²) in [5.74, 6) is 0.827. The highest BCUT2D eigenvalue weighted by atomic mass is 19.1. The van der Waals surface area contributed by atoms with Crippen LogP contribution >= 0.6 is 0 Å². The van der Waals surface area contributed by atoms with Crippen molar-refractivity contribution in [2.75, 3.05) is 18.4 Å². The van der Waals surface area contributed by atoms with Gasteiger partial charge in [-0.2, -0.15) is 0 Å². The summed E-state index contributed by atoms with van der Waals surface area (Å²) in [7, 11) is 0. The van der Waals surface area contributed by atoms with Gasteiger partial charge in [0.1, 0.15) is 11.6 Å². The Morgan fingerprint density at radius 2 is 2.07 bits per heavy atom. The van der Waals surface area contributed by atoms with Gasteiger partial charge >= 0.3 is 0 Å². The summed E-state index contributed by atoms with van der Waals surface area (Å²) in [4.78, 5) is 14.8. The molecule has 4 heterocycles. The SMILES string of the molecule is CC(C)Cc1cc(C(=O)N2CCC3(CC2)Nc2cc(F)ccc2-n2cccc23)no1. The van der Waals surface area contributed by atoms with Crippen LogP contribution in [0.3, 0.4) is 0 Å². The van der Waals surface area contributed by atoms with Crippen LogP contribution in [0.1, 0.15) is 48.6 Å². The number of piperidine rings is 1. The van der Waals surface area contributed by atoms with Gasteiger partial charge in [-0.25, -0.2) is 4.39 Å². The van der Waals surface area contributed by atoms with Gasteiger partial charge < -0.3 is 19.3 Å². The van der Waals surface area contributed by atoms with Crippen molar-refractivity contribution >= 4 is 11.6 Å².